The van der Waals surface area contributed by atoms with Gasteiger partial charge in [-0.1, -0.05) is 11.8 Å². The van der Waals surface area contributed by atoms with Crippen LogP contribution in [0.15, 0.2) is 4.99 Å². The highest BCUT2D eigenvalue weighted by Gasteiger charge is 2.13. The van der Waals surface area contributed by atoms with E-state index in [0.717, 1.165) is 19.4 Å². The Bertz CT molecular complexity index is 218. The van der Waals surface area contributed by atoms with Gasteiger partial charge in [-0.3, -0.25) is 10.3 Å². The fourth-order valence-corrected chi connectivity index (χ4v) is 1.58. The molecule has 1 unspecified atom stereocenters. The summed E-state index contributed by atoms with van der Waals surface area (Å²) in [5, 5.41) is 11.6. The SMILES string of the molecule is CSC(=NC1CCCOC1)NC#N. The lowest BCUT2D eigenvalue weighted by atomic mass is 10.1. The number of hydrogen-bond donors (Lipinski definition) is 1. The molecule has 0 spiro atoms. The summed E-state index contributed by atoms with van der Waals surface area (Å²) in [5.41, 5.74) is 0. The van der Waals surface area contributed by atoms with Crippen LogP contribution in [0.3, 0.4) is 0 Å². The minimum absolute atomic E-state index is 0.219. The molecule has 1 fully saturated rings. The van der Waals surface area contributed by atoms with E-state index in [1.165, 1.54) is 11.8 Å². The molecule has 1 heterocycles. The van der Waals surface area contributed by atoms with Crippen molar-refractivity contribution in [2.45, 2.75) is 18.9 Å². The zero-order valence-corrected chi connectivity index (χ0v) is 8.43. The zero-order chi connectivity index (χ0) is 9.52. The first-order chi connectivity index (χ1) is 6.36. The lowest BCUT2D eigenvalue weighted by Crippen LogP contribution is -2.24. The number of rotatable bonds is 1. The van der Waals surface area contributed by atoms with Gasteiger partial charge in [-0.15, -0.1) is 0 Å². The zero-order valence-electron chi connectivity index (χ0n) is 7.62. The van der Waals surface area contributed by atoms with Crippen LogP contribution in [0.4, 0.5) is 0 Å². The molecule has 1 aliphatic rings. The predicted octanol–water partition coefficient (Wildman–Crippen LogP) is 0.955. The van der Waals surface area contributed by atoms with Crippen molar-refractivity contribution in [1.29, 1.82) is 5.26 Å². The number of hydrogen-bond acceptors (Lipinski definition) is 4. The smallest absolute Gasteiger partial charge is 0.183 e. The number of thioether (sulfide) groups is 1. The maximum atomic E-state index is 8.41. The minimum atomic E-state index is 0.219. The molecular weight excluding hydrogens is 186 g/mol. The number of amidine groups is 1. The van der Waals surface area contributed by atoms with Gasteiger partial charge in [-0.25, -0.2) is 0 Å². The van der Waals surface area contributed by atoms with E-state index in [0.29, 0.717) is 11.8 Å². The van der Waals surface area contributed by atoms with Crippen LogP contribution >= 0.6 is 11.8 Å². The molecule has 1 rings (SSSR count). The van der Waals surface area contributed by atoms with Gasteiger partial charge in [0.05, 0.1) is 12.6 Å². The van der Waals surface area contributed by atoms with Gasteiger partial charge in [0.2, 0.25) is 0 Å². The third-order valence-corrected chi connectivity index (χ3v) is 2.39. The second-order valence-corrected chi connectivity index (χ2v) is 3.54. The third kappa shape index (κ3) is 3.66. The molecule has 4 nitrogen and oxygen atoms in total. The topological polar surface area (TPSA) is 57.4 Å². The van der Waals surface area contributed by atoms with E-state index in [1.807, 2.05) is 12.4 Å². The minimum Gasteiger partial charge on any atom is -0.379 e. The average Bonchev–Trinajstić information content (AvgIpc) is 2.19. The molecule has 0 aromatic carbocycles. The van der Waals surface area contributed by atoms with Crippen LogP contribution in [-0.2, 0) is 4.74 Å². The number of nitrogens with one attached hydrogen (secondary N) is 1. The van der Waals surface area contributed by atoms with Crippen LogP contribution in [0, 0.1) is 11.5 Å². The lowest BCUT2D eigenvalue weighted by molar-refractivity contribution is 0.0829. The van der Waals surface area contributed by atoms with Gasteiger partial charge >= 0.3 is 0 Å². The molecule has 1 N–H and O–H groups in total. The third-order valence-electron chi connectivity index (χ3n) is 1.79. The van der Waals surface area contributed by atoms with Crippen LogP contribution in [0.1, 0.15) is 12.8 Å². The van der Waals surface area contributed by atoms with Crippen molar-refractivity contribution in [3.05, 3.63) is 0 Å². The maximum absolute atomic E-state index is 8.41. The first kappa shape index (κ1) is 10.4. The molecular formula is C8H13N3OS. The molecule has 72 valence electrons. The average molecular weight is 199 g/mol. The number of nitriles is 1. The molecule has 0 bridgehead atoms. The molecule has 1 saturated heterocycles. The Morgan fingerprint density at radius 3 is 3.15 bits per heavy atom. The molecule has 0 saturated carbocycles. The standard InChI is InChI=1S/C8H13N3OS/c1-13-8(10-6-9)11-7-3-2-4-12-5-7/h7H,2-5H2,1H3,(H,10,11). The Morgan fingerprint density at radius 1 is 1.77 bits per heavy atom. The molecule has 1 aliphatic heterocycles. The summed E-state index contributed by atoms with van der Waals surface area (Å²) in [6.45, 7) is 1.52. The van der Waals surface area contributed by atoms with Crippen molar-refractivity contribution in [1.82, 2.24) is 5.32 Å². The van der Waals surface area contributed by atoms with Crippen molar-refractivity contribution in [3.63, 3.8) is 0 Å². The van der Waals surface area contributed by atoms with E-state index in [1.54, 1.807) is 0 Å². The van der Waals surface area contributed by atoms with E-state index >= 15 is 0 Å². The number of nitrogens with zero attached hydrogens (tertiary/aromatic N) is 2. The first-order valence-corrected chi connectivity index (χ1v) is 5.44. The van der Waals surface area contributed by atoms with E-state index < -0.39 is 0 Å². The van der Waals surface area contributed by atoms with Crippen LogP contribution in [0.2, 0.25) is 0 Å². The van der Waals surface area contributed by atoms with E-state index in [-0.39, 0.29) is 6.04 Å². The van der Waals surface area contributed by atoms with Gasteiger partial charge in [0, 0.05) is 6.61 Å². The van der Waals surface area contributed by atoms with E-state index in [4.69, 9.17) is 10.00 Å². The van der Waals surface area contributed by atoms with Gasteiger partial charge in [0.15, 0.2) is 11.4 Å². The highest BCUT2D eigenvalue weighted by molar-refractivity contribution is 8.13. The summed E-state index contributed by atoms with van der Waals surface area (Å²) >= 11 is 1.45. The Balaban J connectivity index is 2.45. The summed E-state index contributed by atoms with van der Waals surface area (Å²) in [5.74, 6) is 0. The molecule has 0 aliphatic carbocycles. The predicted molar refractivity (Wildman–Crippen MR) is 53.5 cm³/mol. The Labute approximate surface area is 82.4 Å². The van der Waals surface area contributed by atoms with Gasteiger partial charge in [0.25, 0.3) is 0 Å². The summed E-state index contributed by atoms with van der Waals surface area (Å²) < 4.78 is 5.28. The van der Waals surface area contributed by atoms with Crippen LogP contribution in [0.5, 0.6) is 0 Å². The normalized spacial score (nSPS) is 23.7. The quantitative estimate of drug-likeness (QED) is 0.296. The van der Waals surface area contributed by atoms with Crippen molar-refractivity contribution >= 4 is 16.9 Å². The van der Waals surface area contributed by atoms with Crippen LogP contribution < -0.4 is 5.32 Å². The molecule has 5 heteroatoms. The van der Waals surface area contributed by atoms with E-state index in [9.17, 15) is 0 Å². The number of ether oxygens (including phenoxy) is 1. The van der Waals surface area contributed by atoms with Crippen molar-refractivity contribution < 1.29 is 4.74 Å². The Hall–Kier alpha value is -0.730. The second kappa shape index (κ2) is 5.84. The molecule has 13 heavy (non-hydrogen) atoms. The van der Waals surface area contributed by atoms with Gasteiger partial charge < -0.3 is 4.74 Å². The van der Waals surface area contributed by atoms with Crippen molar-refractivity contribution in [3.8, 4) is 6.19 Å². The summed E-state index contributed by atoms with van der Waals surface area (Å²) in [6, 6.07) is 0.219. The Morgan fingerprint density at radius 2 is 2.62 bits per heavy atom. The van der Waals surface area contributed by atoms with Gasteiger partial charge in [-0.05, 0) is 19.1 Å². The largest absolute Gasteiger partial charge is 0.379 e. The fraction of sp³-hybridized carbons (Fsp3) is 0.750. The van der Waals surface area contributed by atoms with Crippen molar-refractivity contribution in [2.24, 2.45) is 4.99 Å². The van der Waals surface area contributed by atoms with E-state index in [2.05, 4.69) is 10.3 Å². The van der Waals surface area contributed by atoms with Crippen molar-refractivity contribution in [2.75, 3.05) is 19.5 Å². The molecule has 0 radical (unpaired) electrons. The fourth-order valence-electron chi connectivity index (χ4n) is 1.18. The number of aliphatic imine (C=N–C) groups is 1. The maximum Gasteiger partial charge on any atom is 0.183 e. The van der Waals surface area contributed by atoms with Gasteiger partial charge in [0.1, 0.15) is 0 Å². The summed E-state index contributed by atoms with van der Waals surface area (Å²) in [6.07, 6.45) is 5.87. The van der Waals surface area contributed by atoms with Gasteiger partial charge in [-0.2, -0.15) is 5.26 Å². The molecule has 1 atom stereocenters. The molecule has 0 aromatic rings. The Kier molecular flexibility index (Phi) is 4.65. The first-order valence-electron chi connectivity index (χ1n) is 4.21. The highest BCUT2D eigenvalue weighted by atomic mass is 32.2. The lowest BCUT2D eigenvalue weighted by Gasteiger charge is -2.18. The highest BCUT2D eigenvalue weighted by Crippen LogP contribution is 2.11. The summed E-state index contributed by atoms with van der Waals surface area (Å²) in [4.78, 5) is 4.36. The summed E-state index contributed by atoms with van der Waals surface area (Å²) in [7, 11) is 0. The molecule has 0 aromatic heterocycles. The van der Waals surface area contributed by atoms with Crippen LogP contribution in [-0.4, -0.2) is 30.7 Å². The van der Waals surface area contributed by atoms with Crippen LogP contribution in [0.25, 0.3) is 0 Å². The second-order valence-electron chi connectivity index (χ2n) is 2.75. The monoisotopic (exact) mass is 199 g/mol. The molecule has 0 amide bonds.